The fraction of sp³-hybridized carbons (Fsp3) is 0.250. The summed E-state index contributed by atoms with van der Waals surface area (Å²) in [7, 11) is 0. The van der Waals surface area contributed by atoms with E-state index in [1.807, 2.05) is 24.3 Å². The van der Waals surface area contributed by atoms with Crippen molar-refractivity contribution in [2.75, 3.05) is 19.7 Å². The van der Waals surface area contributed by atoms with Crippen molar-refractivity contribution in [3.8, 4) is 0 Å². The lowest BCUT2D eigenvalue weighted by Gasteiger charge is -2.58. The number of piperazine rings is 1. The molecular weight excluding hydrogens is 426 g/mol. The summed E-state index contributed by atoms with van der Waals surface area (Å²) in [5.74, 6) is -0.183. The molecule has 1 aromatic heterocycles. The summed E-state index contributed by atoms with van der Waals surface area (Å²) in [5.41, 5.74) is 4.13. The summed E-state index contributed by atoms with van der Waals surface area (Å²) in [4.78, 5) is 33.2. The van der Waals surface area contributed by atoms with Crippen molar-refractivity contribution in [2.24, 2.45) is 0 Å². The summed E-state index contributed by atoms with van der Waals surface area (Å²) >= 11 is 0. The number of benzene rings is 2. The number of carbonyl (C=O) groups is 2. The highest BCUT2D eigenvalue weighted by atomic mass is 16.3. The number of hydrogen-bond donors (Lipinski definition) is 1. The first kappa shape index (κ1) is 22.0. The van der Waals surface area contributed by atoms with Crippen LogP contribution in [0, 0.1) is 0 Å². The van der Waals surface area contributed by atoms with Gasteiger partial charge in [0.1, 0.15) is 0 Å². The maximum Gasteiger partial charge on any atom is 0.242 e. The van der Waals surface area contributed by atoms with E-state index in [1.165, 1.54) is 0 Å². The number of amides is 2. The number of fused-ring (bicyclic) bond motifs is 1. The molecule has 0 saturated carbocycles. The Hall–Kier alpha value is -3.77. The number of aromatic nitrogens is 1. The SMILES string of the molecule is O=C(Cc1cccnc1)N1CC(=O)N2[C@H](CO)[C@@H](c3ccc(/C=C/c4ccccc4)cc3)[C@@H]2C1. The number of rotatable bonds is 6. The molecule has 0 aliphatic carbocycles. The zero-order chi connectivity index (χ0) is 23.5. The standard InChI is InChI=1S/C28H27N3O3/c32-19-25-28(23-12-10-21(11-13-23)9-8-20-5-2-1-3-6-20)24-17-30(18-27(34)31(24)25)26(33)15-22-7-4-14-29-16-22/h1-14,16,24-25,28,32H,15,17-19H2/b9-8+/t24-,25+,28-/m0/s1. The topological polar surface area (TPSA) is 73.7 Å². The van der Waals surface area contributed by atoms with Gasteiger partial charge in [0.25, 0.3) is 0 Å². The van der Waals surface area contributed by atoms with E-state index in [0.717, 1.165) is 22.3 Å². The summed E-state index contributed by atoms with van der Waals surface area (Å²) in [6, 6.07) is 21.7. The lowest BCUT2D eigenvalue weighted by Crippen LogP contribution is -2.73. The largest absolute Gasteiger partial charge is 0.394 e. The third kappa shape index (κ3) is 4.37. The number of aliphatic hydroxyl groups is 1. The number of carbonyl (C=O) groups excluding carboxylic acids is 2. The molecule has 0 spiro atoms. The quantitative estimate of drug-likeness (QED) is 0.583. The molecule has 3 heterocycles. The number of pyridine rings is 1. The molecule has 2 saturated heterocycles. The fourth-order valence-electron chi connectivity index (χ4n) is 5.06. The Morgan fingerprint density at radius 1 is 1.00 bits per heavy atom. The lowest BCUT2D eigenvalue weighted by molar-refractivity contribution is -0.166. The van der Waals surface area contributed by atoms with E-state index in [2.05, 4.69) is 53.5 Å². The number of hydrogen-bond acceptors (Lipinski definition) is 4. The smallest absolute Gasteiger partial charge is 0.242 e. The fourth-order valence-corrected chi connectivity index (χ4v) is 5.06. The van der Waals surface area contributed by atoms with Crippen LogP contribution in [0.25, 0.3) is 12.2 Å². The predicted octanol–water partition coefficient (Wildman–Crippen LogP) is 2.99. The van der Waals surface area contributed by atoms with Gasteiger partial charge >= 0.3 is 0 Å². The Morgan fingerprint density at radius 3 is 2.41 bits per heavy atom. The first-order chi connectivity index (χ1) is 16.6. The van der Waals surface area contributed by atoms with Crippen LogP contribution in [-0.4, -0.2) is 63.5 Å². The highest BCUT2D eigenvalue weighted by Crippen LogP contribution is 2.43. The van der Waals surface area contributed by atoms with Crippen molar-refractivity contribution in [1.29, 1.82) is 0 Å². The monoisotopic (exact) mass is 453 g/mol. The Kier molecular flexibility index (Phi) is 6.23. The lowest BCUT2D eigenvalue weighted by atomic mass is 9.73. The maximum atomic E-state index is 12.9. The molecule has 6 nitrogen and oxygen atoms in total. The maximum absolute atomic E-state index is 12.9. The first-order valence-electron chi connectivity index (χ1n) is 11.6. The molecule has 3 atom stereocenters. The van der Waals surface area contributed by atoms with Crippen LogP contribution in [0.3, 0.4) is 0 Å². The Labute approximate surface area is 199 Å². The van der Waals surface area contributed by atoms with E-state index in [4.69, 9.17) is 0 Å². The zero-order valence-electron chi connectivity index (χ0n) is 18.8. The first-order valence-corrected chi connectivity index (χ1v) is 11.6. The van der Waals surface area contributed by atoms with Crippen LogP contribution in [0.2, 0.25) is 0 Å². The van der Waals surface area contributed by atoms with Crippen molar-refractivity contribution in [2.45, 2.75) is 24.4 Å². The van der Waals surface area contributed by atoms with Gasteiger partial charge in [0.2, 0.25) is 11.8 Å². The highest BCUT2D eigenvalue weighted by Gasteiger charge is 2.54. The van der Waals surface area contributed by atoms with Crippen molar-refractivity contribution in [3.05, 3.63) is 101 Å². The second-order valence-corrected chi connectivity index (χ2v) is 8.87. The van der Waals surface area contributed by atoms with E-state index >= 15 is 0 Å². The molecule has 2 fully saturated rings. The van der Waals surface area contributed by atoms with E-state index in [9.17, 15) is 14.7 Å². The van der Waals surface area contributed by atoms with E-state index in [1.54, 1.807) is 28.3 Å². The second kappa shape index (κ2) is 9.61. The molecule has 34 heavy (non-hydrogen) atoms. The van der Waals surface area contributed by atoms with Crippen LogP contribution >= 0.6 is 0 Å². The molecule has 172 valence electrons. The minimum absolute atomic E-state index is 0.00454. The molecule has 6 heteroatoms. The van der Waals surface area contributed by atoms with Crippen LogP contribution in [0.4, 0.5) is 0 Å². The molecule has 0 unspecified atom stereocenters. The molecule has 3 aromatic rings. The predicted molar refractivity (Wildman–Crippen MR) is 131 cm³/mol. The van der Waals surface area contributed by atoms with Crippen LogP contribution < -0.4 is 0 Å². The zero-order valence-corrected chi connectivity index (χ0v) is 18.8. The molecular formula is C28H27N3O3. The number of aliphatic hydroxyl groups excluding tert-OH is 1. The van der Waals surface area contributed by atoms with Crippen molar-refractivity contribution in [1.82, 2.24) is 14.8 Å². The Bertz CT molecular complexity index is 1180. The van der Waals surface area contributed by atoms with Crippen LogP contribution in [0.5, 0.6) is 0 Å². The molecule has 0 bridgehead atoms. The molecule has 2 aliphatic rings. The summed E-state index contributed by atoms with van der Waals surface area (Å²) in [5, 5.41) is 10.0. The summed E-state index contributed by atoms with van der Waals surface area (Å²) in [6.07, 6.45) is 7.72. The van der Waals surface area contributed by atoms with E-state index in [-0.39, 0.29) is 49.4 Å². The van der Waals surface area contributed by atoms with Gasteiger partial charge in [-0.3, -0.25) is 14.6 Å². The minimum Gasteiger partial charge on any atom is -0.394 e. The van der Waals surface area contributed by atoms with Gasteiger partial charge in [-0.05, 0) is 28.3 Å². The third-order valence-electron chi connectivity index (χ3n) is 6.77. The van der Waals surface area contributed by atoms with Gasteiger partial charge in [-0.25, -0.2) is 0 Å². The molecule has 1 N–H and O–H groups in total. The van der Waals surface area contributed by atoms with E-state index in [0.29, 0.717) is 6.54 Å². The summed E-state index contributed by atoms with van der Waals surface area (Å²) in [6.45, 7) is 0.440. The molecule has 2 amide bonds. The molecule has 2 aliphatic heterocycles. The summed E-state index contributed by atoms with van der Waals surface area (Å²) < 4.78 is 0. The van der Waals surface area contributed by atoms with Crippen LogP contribution in [0.15, 0.2) is 79.1 Å². The van der Waals surface area contributed by atoms with Gasteiger partial charge < -0.3 is 14.9 Å². The second-order valence-electron chi connectivity index (χ2n) is 8.87. The van der Waals surface area contributed by atoms with Gasteiger partial charge in [-0.1, -0.05) is 72.8 Å². The number of nitrogens with zero attached hydrogens (tertiary/aromatic N) is 3. The van der Waals surface area contributed by atoms with Crippen LogP contribution in [0.1, 0.15) is 28.2 Å². The van der Waals surface area contributed by atoms with Gasteiger partial charge in [-0.2, -0.15) is 0 Å². The van der Waals surface area contributed by atoms with Crippen molar-refractivity contribution >= 4 is 24.0 Å². The Balaban J connectivity index is 1.30. The van der Waals surface area contributed by atoms with Gasteiger partial charge in [0.05, 0.1) is 31.7 Å². The molecule has 0 radical (unpaired) electrons. The molecule has 5 rings (SSSR count). The third-order valence-corrected chi connectivity index (χ3v) is 6.77. The van der Waals surface area contributed by atoms with E-state index < -0.39 is 0 Å². The highest BCUT2D eigenvalue weighted by molar-refractivity contribution is 5.88. The van der Waals surface area contributed by atoms with Gasteiger partial charge in [-0.15, -0.1) is 0 Å². The average molecular weight is 454 g/mol. The van der Waals surface area contributed by atoms with Crippen LogP contribution in [-0.2, 0) is 16.0 Å². The average Bonchev–Trinajstić information content (AvgIpc) is 2.86. The Morgan fingerprint density at radius 2 is 1.74 bits per heavy atom. The van der Waals surface area contributed by atoms with Crippen molar-refractivity contribution in [3.63, 3.8) is 0 Å². The molecule has 2 aromatic carbocycles. The minimum atomic E-state index is -0.251. The van der Waals surface area contributed by atoms with Gasteiger partial charge in [0.15, 0.2) is 0 Å². The van der Waals surface area contributed by atoms with Gasteiger partial charge in [0, 0.05) is 24.9 Å². The van der Waals surface area contributed by atoms with Crippen molar-refractivity contribution < 1.29 is 14.7 Å². The normalized spacial score (nSPS) is 21.9.